The third kappa shape index (κ3) is 13.6. The second-order valence-corrected chi connectivity index (χ2v) is 4.46. The van der Waals surface area contributed by atoms with Crippen LogP contribution in [0, 0.1) is 20.8 Å². The Labute approximate surface area is 155 Å². The predicted molar refractivity (Wildman–Crippen MR) is 104 cm³/mol. The Hall–Kier alpha value is -1.78. The summed E-state index contributed by atoms with van der Waals surface area (Å²) in [6.07, 6.45) is 0. The van der Waals surface area contributed by atoms with Crippen LogP contribution in [0.4, 0.5) is 0 Å². The summed E-state index contributed by atoms with van der Waals surface area (Å²) in [4.78, 5) is 0. The Kier molecular flexibility index (Phi) is 15.4. The van der Waals surface area contributed by atoms with Gasteiger partial charge in [0.15, 0.2) is 0 Å². The summed E-state index contributed by atoms with van der Waals surface area (Å²) in [5, 5.41) is 0. The second-order valence-electron chi connectivity index (χ2n) is 4.46. The molecule has 0 fully saturated rings. The van der Waals surface area contributed by atoms with Crippen LogP contribution in [0.5, 0.6) is 0 Å². The standard InChI is InChI=1S/3C7H7.Mn.H3P/c3*1-7-5-3-2-4-6-7;;/h3*2-6H,1H2;;1H3/q3*-1;+3;. The molecule has 0 saturated carbocycles. The molecular weight excluding hydrogens is 338 g/mol. The van der Waals surface area contributed by atoms with Crippen molar-refractivity contribution in [1.82, 2.24) is 0 Å². The van der Waals surface area contributed by atoms with Gasteiger partial charge in [-0.15, -0.1) is 36.4 Å². The molecule has 0 aromatic heterocycles. The van der Waals surface area contributed by atoms with Gasteiger partial charge in [0.2, 0.25) is 0 Å². The molecule has 0 amide bonds. The quantitative estimate of drug-likeness (QED) is 0.275. The van der Waals surface area contributed by atoms with E-state index in [1.165, 1.54) is 0 Å². The van der Waals surface area contributed by atoms with Crippen LogP contribution in [0.15, 0.2) is 91.0 Å². The van der Waals surface area contributed by atoms with Crippen molar-refractivity contribution in [2.45, 2.75) is 0 Å². The Morgan fingerprint density at radius 3 is 0.652 bits per heavy atom. The average molecular weight is 362 g/mol. The molecule has 0 aliphatic heterocycles. The van der Waals surface area contributed by atoms with Gasteiger partial charge in [-0.1, -0.05) is 18.2 Å². The fourth-order valence-electron chi connectivity index (χ4n) is 1.43. The van der Waals surface area contributed by atoms with Crippen molar-refractivity contribution < 1.29 is 17.1 Å². The van der Waals surface area contributed by atoms with Gasteiger partial charge in [0.1, 0.15) is 0 Å². The Bertz CT molecular complexity index is 491. The van der Waals surface area contributed by atoms with Crippen molar-refractivity contribution in [3.05, 3.63) is 128 Å². The van der Waals surface area contributed by atoms with Crippen LogP contribution in [0.1, 0.15) is 16.7 Å². The zero-order valence-corrected chi connectivity index (χ0v) is 16.0. The molecule has 0 heterocycles. The monoisotopic (exact) mass is 362 g/mol. The molecule has 0 saturated heterocycles. The number of benzene rings is 3. The van der Waals surface area contributed by atoms with Gasteiger partial charge in [-0.2, -0.15) is 83.8 Å². The zero-order valence-electron chi connectivity index (χ0n) is 13.4. The molecule has 1 unspecified atom stereocenters. The summed E-state index contributed by atoms with van der Waals surface area (Å²) < 4.78 is 0. The van der Waals surface area contributed by atoms with Crippen molar-refractivity contribution in [3.8, 4) is 0 Å². The van der Waals surface area contributed by atoms with Gasteiger partial charge in [-0.05, 0) is 0 Å². The molecule has 3 rings (SSSR count). The topological polar surface area (TPSA) is 0 Å². The number of rotatable bonds is 0. The van der Waals surface area contributed by atoms with Gasteiger partial charge in [0.05, 0.1) is 0 Å². The smallest absolute Gasteiger partial charge is 0.199 e. The van der Waals surface area contributed by atoms with Crippen molar-refractivity contribution >= 4 is 9.90 Å². The van der Waals surface area contributed by atoms with Gasteiger partial charge in [-0.25, -0.2) is 0 Å². The molecule has 23 heavy (non-hydrogen) atoms. The Morgan fingerprint density at radius 1 is 0.391 bits per heavy atom. The molecular formula is C21H24MnP. The normalized spacial score (nSPS) is 7.83. The predicted octanol–water partition coefficient (Wildman–Crippen LogP) is 5.66. The molecule has 3 aromatic carbocycles. The van der Waals surface area contributed by atoms with E-state index in [0.717, 1.165) is 16.7 Å². The summed E-state index contributed by atoms with van der Waals surface area (Å²) in [5.74, 6) is 0. The molecule has 120 valence electrons. The van der Waals surface area contributed by atoms with Gasteiger partial charge in [0, 0.05) is 0 Å². The van der Waals surface area contributed by atoms with E-state index in [0.29, 0.717) is 0 Å². The summed E-state index contributed by atoms with van der Waals surface area (Å²) in [5.41, 5.74) is 3.22. The molecule has 3 aromatic rings. The molecule has 0 nitrogen and oxygen atoms in total. The van der Waals surface area contributed by atoms with E-state index in [-0.39, 0.29) is 27.0 Å². The largest absolute Gasteiger partial charge is 3.00 e. The average Bonchev–Trinajstić information content (AvgIpc) is 2.51. The summed E-state index contributed by atoms with van der Waals surface area (Å²) >= 11 is 0. The van der Waals surface area contributed by atoms with Crippen LogP contribution in [0.3, 0.4) is 0 Å². The van der Waals surface area contributed by atoms with Crippen molar-refractivity contribution in [3.63, 3.8) is 0 Å². The molecule has 0 bridgehead atoms. The van der Waals surface area contributed by atoms with E-state index in [1.54, 1.807) is 0 Å². The number of hydrogen-bond acceptors (Lipinski definition) is 0. The molecule has 0 radical (unpaired) electrons. The van der Waals surface area contributed by atoms with Gasteiger partial charge < -0.3 is 0 Å². The maximum absolute atomic E-state index is 3.72. The fourth-order valence-corrected chi connectivity index (χ4v) is 1.43. The second kappa shape index (κ2) is 15.1. The van der Waals surface area contributed by atoms with Crippen LogP contribution in [-0.4, -0.2) is 0 Å². The summed E-state index contributed by atoms with van der Waals surface area (Å²) in [7, 11) is 0. The molecule has 1 atom stereocenters. The van der Waals surface area contributed by atoms with Crippen LogP contribution in [-0.2, 0) is 17.1 Å². The van der Waals surface area contributed by atoms with E-state index in [1.807, 2.05) is 91.0 Å². The van der Waals surface area contributed by atoms with E-state index >= 15 is 0 Å². The van der Waals surface area contributed by atoms with Crippen LogP contribution >= 0.6 is 9.90 Å². The zero-order chi connectivity index (χ0) is 15.3. The molecule has 0 spiro atoms. The number of hydrogen-bond donors (Lipinski definition) is 0. The molecule has 0 N–H and O–H groups in total. The first-order valence-electron chi connectivity index (χ1n) is 6.79. The van der Waals surface area contributed by atoms with Crippen molar-refractivity contribution in [2.75, 3.05) is 0 Å². The third-order valence-corrected chi connectivity index (χ3v) is 2.53. The molecule has 0 aliphatic carbocycles. The first-order valence-corrected chi connectivity index (χ1v) is 6.79. The summed E-state index contributed by atoms with van der Waals surface area (Å²) in [6, 6.07) is 29.6. The Morgan fingerprint density at radius 2 is 0.565 bits per heavy atom. The van der Waals surface area contributed by atoms with E-state index < -0.39 is 0 Å². The van der Waals surface area contributed by atoms with E-state index in [4.69, 9.17) is 0 Å². The minimum atomic E-state index is 0. The SMILES string of the molecule is P.[CH2-]c1ccccc1.[CH2-]c1ccccc1.[CH2-]c1ccccc1.[Mn+3]. The first kappa shape index (κ1) is 23.5. The van der Waals surface area contributed by atoms with Crippen molar-refractivity contribution in [2.24, 2.45) is 0 Å². The minimum absolute atomic E-state index is 0. The fraction of sp³-hybridized carbons (Fsp3) is 0. The summed E-state index contributed by atoms with van der Waals surface area (Å²) in [6.45, 7) is 11.2. The van der Waals surface area contributed by atoms with Gasteiger partial charge in [-0.3, -0.25) is 0 Å². The van der Waals surface area contributed by atoms with E-state index in [2.05, 4.69) is 20.8 Å². The van der Waals surface area contributed by atoms with Crippen LogP contribution in [0.25, 0.3) is 0 Å². The first-order chi connectivity index (χ1) is 10.2. The maximum Gasteiger partial charge on any atom is 3.00 e. The molecule has 0 aliphatic rings. The van der Waals surface area contributed by atoms with Crippen molar-refractivity contribution in [1.29, 1.82) is 0 Å². The van der Waals surface area contributed by atoms with Crippen LogP contribution in [0.2, 0.25) is 0 Å². The third-order valence-electron chi connectivity index (χ3n) is 2.53. The van der Waals surface area contributed by atoms with Crippen LogP contribution < -0.4 is 0 Å². The molecule has 2 heteroatoms. The van der Waals surface area contributed by atoms with Gasteiger partial charge in [0.25, 0.3) is 0 Å². The van der Waals surface area contributed by atoms with Gasteiger partial charge >= 0.3 is 17.1 Å². The Balaban J connectivity index is 0. The minimum Gasteiger partial charge on any atom is -0.199 e. The maximum atomic E-state index is 3.72. The van der Waals surface area contributed by atoms with E-state index in [9.17, 15) is 0 Å².